The molecule has 0 spiro atoms. The van der Waals surface area contributed by atoms with E-state index < -0.39 is 0 Å². The van der Waals surface area contributed by atoms with E-state index in [4.69, 9.17) is 9.84 Å². The Morgan fingerprint density at radius 1 is 1.09 bits per heavy atom. The average molecular weight is 431 g/mol. The Morgan fingerprint density at radius 3 is 2.59 bits per heavy atom. The number of benzene rings is 2. The second-order valence-corrected chi connectivity index (χ2v) is 8.72. The maximum atomic E-state index is 13.4. The topological polar surface area (TPSA) is 59.4 Å². The molecule has 2 fully saturated rings. The minimum absolute atomic E-state index is 0.0830. The fourth-order valence-corrected chi connectivity index (χ4v) is 4.55. The Balaban J connectivity index is 1.38. The van der Waals surface area contributed by atoms with Crippen LogP contribution in [0, 0.1) is 0 Å². The molecule has 1 aromatic heterocycles. The van der Waals surface area contributed by atoms with Crippen LogP contribution in [0.3, 0.4) is 0 Å². The van der Waals surface area contributed by atoms with Crippen LogP contribution in [0.1, 0.15) is 59.4 Å². The van der Waals surface area contributed by atoms with E-state index in [0.717, 1.165) is 43.1 Å². The average Bonchev–Trinajstić information content (AvgIpc) is 3.36. The zero-order valence-electron chi connectivity index (χ0n) is 18.5. The van der Waals surface area contributed by atoms with Gasteiger partial charge in [-0.1, -0.05) is 30.3 Å². The Labute approximate surface area is 189 Å². The highest BCUT2D eigenvalue weighted by atomic mass is 16.5. The van der Waals surface area contributed by atoms with Gasteiger partial charge in [0.1, 0.15) is 11.4 Å². The summed E-state index contributed by atoms with van der Waals surface area (Å²) in [5, 5.41) is 7.99. The quantitative estimate of drug-likeness (QED) is 0.578. The van der Waals surface area contributed by atoms with Crippen LogP contribution >= 0.6 is 0 Å². The van der Waals surface area contributed by atoms with E-state index in [1.54, 1.807) is 11.8 Å². The molecule has 2 aliphatic rings. The van der Waals surface area contributed by atoms with Gasteiger partial charge in [0, 0.05) is 12.5 Å². The lowest BCUT2D eigenvalue weighted by atomic mass is 10.0. The van der Waals surface area contributed by atoms with E-state index in [0.29, 0.717) is 18.2 Å². The van der Waals surface area contributed by atoms with Gasteiger partial charge in [-0.25, -0.2) is 4.68 Å². The third-order valence-corrected chi connectivity index (χ3v) is 6.47. The first kappa shape index (κ1) is 20.8. The fraction of sp³-hybridized carbons (Fsp3) is 0.385. The van der Waals surface area contributed by atoms with Crippen molar-refractivity contribution in [2.45, 2.75) is 37.6 Å². The summed E-state index contributed by atoms with van der Waals surface area (Å²) < 4.78 is 7.23. The summed E-state index contributed by atoms with van der Waals surface area (Å²) in [4.78, 5) is 15.8. The summed E-state index contributed by atoms with van der Waals surface area (Å²) in [7, 11) is 1.69. The predicted octanol–water partition coefficient (Wildman–Crippen LogP) is 4.33. The van der Waals surface area contributed by atoms with Crippen LogP contribution in [-0.4, -0.2) is 47.3 Å². The zero-order valence-corrected chi connectivity index (χ0v) is 18.5. The Bertz CT molecular complexity index is 1070. The lowest BCUT2D eigenvalue weighted by molar-refractivity contribution is 0.0930. The third-order valence-electron chi connectivity index (χ3n) is 6.47. The highest BCUT2D eigenvalue weighted by Crippen LogP contribution is 2.39. The standard InChI is InChI=1S/C26H30N4O2/c1-32-22-11-7-8-20(16-22)25(29-14-5-6-15-29)18-27-26(31)24-17-23(19-12-13-19)28-30(24)21-9-3-2-4-10-21/h2-4,7-11,16-17,19,25H,5-6,12-15,18H2,1H3,(H,27,31). The van der Waals surface area contributed by atoms with Gasteiger partial charge in [-0.05, 0) is 74.7 Å². The van der Waals surface area contributed by atoms with E-state index in [1.165, 1.54) is 18.4 Å². The first-order chi connectivity index (χ1) is 15.7. The lowest BCUT2D eigenvalue weighted by Gasteiger charge is -2.28. The highest BCUT2D eigenvalue weighted by Gasteiger charge is 2.30. The van der Waals surface area contributed by atoms with Crippen LogP contribution in [0.4, 0.5) is 0 Å². The van der Waals surface area contributed by atoms with Crippen molar-refractivity contribution in [1.29, 1.82) is 0 Å². The first-order valence-corrected chi connectivity index (χ1v) is 11.5. The molecule has 0 bridgehead atoms. The lowest BCUT2D eigenvalue weighted by Crippen LogP contribution is -2.37. The van der Waals surface area contributed by atoms with Gasteiger partial charge < -0.3 is 10.1 Å². The Morgan fingerprint density at radius 2 is 1.88 bits per heavy atom. The van der Waals surface area contributed by atoms with Gasteiger partial charge >= 0.3 is 0 Å². The van der Waals surface area contributed by atoms with E-state index >= 15 is 0 Å². The summed E-state index contributed by atoms with van der Waals surface area (Å²) in [6.07, 6.45) is 4.69. The van der Waals surface area contributed by atoms with Crippen LogP contribution in [-0.2, 0) is 0 Å². The van der Waals surface area contributed by atoms with Crippen LogP contribution in [0.15, 0.2) is 60.7 Å². The van der Waals surface area contributed by atoms with E-state index in [2.05, 4.69) is 22.3 Å². The molecule has 1 saturated heterocycles. The first-order valence-electron chi connectivity index (χ1n) is 11.5. The second-order valence-electron chi connectivity index (χ2n) is 8.72. The number of methoxy groups -OCH3 is 1. The molecule has 1 saturated carbocycles. The third kappa shape index (κ3) is 4.41. The van der Waals surface area contributed by atoms with Crippen LogP contribution in [0.5, 0.6) is 5.75 Å². The number of carbonyl (C=O) groups is 1. The van der Waals surface area contributed by atoms with Crippen molar-refractivity contribution in [1.82, 2.24) is 20.0 Å². The van der Waals surface area contributed by atoms with Gasteiger partial charge in [-0.15, -0.1) is 0 Å². The molecule has 1 atom stereocenters. The number of aromatic nitrogens is 2. The fourth-order valence-electron chi connectivity index (χ4n) is 4.55. The number of ether oxygens (including phenoxy) is 1. The molecule has 0 radical (unpaired) electrons. The molecule has 1 aliphatic carbocycles. The highest BCUT2D eigenvalue weighted by molar-refractivity contribution is 5.93. The molecule has 1 N–H and O–H groups in total. The number of likely N-dealkylation sites (tertiary alicyclic amines) is 1. The van der Waals surface area contributed by atoms with Gasteiger partial charge in [-0.3, -0.25) is 9.69 Å². The number of carbonyl (C=O) groups excluding carboxylic acids is 1. The smallest absolute Gasteiger partial charge is 0.270 e. The van der Waals surface area contributed by atoms with Crippen molar-refractivity contribution in [3.8, 4) is 11.4 Å². The minimum atomic E-state index is -0.0830. The molecule has 3 aromatic rings. The maximum absolute atomic E-state index is 13.4. The number of amides is 1. The summed E-state index contributed by atoms with van der Waals surface area (Å²) in [6, 6.07) is 20.2. The van der Waals surface area contributed by atoms with Gasteiger partial charge in [0.05, 0.1) is 24.5 Å². The van der Waals surface area contributed by atoms with Crippen molar-refractivity contribution in [2.24, 2.45) is 0 Å². The number of nitrogens with one attached hydrogen (secondary N) is 1. The number of nitrogens with zero attached hydrogens (tertiary/aromatic N) is 3. The summed E-state index contributed by atoms with van der Waals surface area (Å²) in [5.74, 6) is 1.25. The van der Waals surface area contributed by atoms with Gasteiger partial charge in [0.15, 0.2) is 0 Å². The molecule has 1 amide bonds. The molecule has 166 valence electrons. The number of hydrogen-bond donors (Lipinski definition) is 1. The summed E-state index contributed by atoms with van der Waals surface area (Å²) in [5.41, 5.74) is 3.70. The molecule has 2 aromatic carbocycles. The van der Waals surface area contributed by atoms with E-state index in [-0.39, 0.29) is 11.9 Å². The van der Waals surface area contributed by atoms with Crippen molar-refractivity contribution in [3.05, 3.63) is 77.6 Å². The minimum Gasteiger partial charge on any atom is -0.497 e. The molecule has 2 heterocycles. The molecule has 6 nitrogen and oxygen atoms in total. The van der Waals surface area contributed by atoms with Crippen LogP contribution < -0.4 is 10.1 Å². The molecule has 5 rings (SSSR count). The van der Waals surface area contributed by atoms with Crippen molar-refractivity contribution >= 4 is 5.91 Å². The molecular formula is C26H30N4O2. The largest absolute Gasteiger partial charge is 0.497 e. The van der Waals surface area contributed by atoms with Gasteiger partial charge in [0.2, 0.25) is 0 Å². The van der Waals surface area contributed by atoms with Gasteiger partial charge in [0.25, 0.3) is 5.91 Å². The SMILES string of the molecule is COc1cccc(C(CNC(=O)c2cc(C3CC3)nn2-c2ccccc2)N2CCCC2)c1. The molecule has 1 unspecified atom stereocenters. The molecule has 6 heteroatoms. The molecular weight excluding hydrogens is 400 g/mol. The van der Waals surface area contributed by atoms with Crippen molar-refractivity contribution in [3.63, 3.8) is 0 Å². The summed E-state index contributed by atoms with van der Waals surface area (Å²) >= 11 is 0. The van der Waals surface area contributed by atoms with Crippen molar-refractivity contribution < 1.29 is 9.53 Å². The number of para-hydroxylation sites is 1. The Kier molecular flexibility index (Phi) is 5.95. The molecule has 1 aliphatic heterocycles. The van der Waals surface area contributed by atoms with Gasteiger partial charge in [-0.2, -0.15) is 5.10 Å². The van der Waals surface area contributed by atoms with E-state index in [9.17, 15) is 4.79 Å². The normalized spacial score (nSPS) is 17.3. The van der Waals surface area contributed by atoms with Crippen molar-refractivity contribution in [2.75, 3.05) is 26.7 Å². The zero-order chi connectivity index (χ0) is 21.9. The number of hydrogen-bond acceptors (Lipinski definition) is 4. The predicted molar refractivity (Wildman–Crippen MR) is 124 cm³/mol. The summed E-state index contributed by atoms with van der Waals surface area (Å²) in [6.45, 7) is 2.64. The maximum Gasteiger partial charge on any atom is 0.270 e. The monoisotopic (exact) mass is 430 g/mol. The molecule has 32 heavy (non-hydrogen) atoms. The number of rotatable bonds is 8. The Hall–Kier alpha value is -3.12. The van der Waals surface area contributed by atoms with E-state index in [1.807, 2.05) is 48.5 Å². The second kappa shape index (κ2) is 9.17. The van der Waals surface area contributed by atoms with Crippen LogP contribution in [0.2, 0.25) is 0 Å². The van der Waals surface area contributed by atoms with Crippen LogP contribution in [0.25, 0.3) is 5.69 Å².